The monoisotopic (exact) mass is 436 g/mol. The van der Waals surface area contributed by atoms with E-state index in [-0.39, 0.29) is 31.9 Å². The van der Waals surface area contributed by atoms with Crippen LogP contribution in [0.4, 0.5) is 4.79 Å². The van der Waals surface area contributed by atoms with Crippen LogP contribution in [0.3, 0.4) is 0 Å². The number of carbonyl (C=O) groups excluding carboxylic acids is 2. The molecule has 1 aliphatic rings. The molecule has 1 unspecified atom stereocenters. The third-order valence-electron chi connectivity index (χ3n) is 3.54. The molecule has 3 rings (SSSR count). The third-order valence-corrected chi connectivity index (χ3v) is 7.81. The Morgan fingerprint density at radius 2 is 2.08 bits per heavy atom. The molecule has 5 nitrogen and oxygen atoms in total. The molecule has 0 spiro atoms. The molecule has 0 bridgehead atoms. The van der Waals surface area contributed by atoms with E-state index in [9.17, 15) is 9.59 Å². The molecule has 1 saturated heterocycles. The van der Waals surface area contributed by atoms with Crippen LogP contribution in [0.25, 0.3) is 0 Å². The van der Waals surface area contributed by atoms with Gasteiger partial charge in [0.15, 0.2) is 0 Å². The second-order valence-corrected chi connectivity index (χ2v) is 10.4. The summed E-state index contributed by atoms with van der Waals surface area (Å²) >= 11 is 7.21. The number of hydrogen-bond acceptors (Lipinski definition) is 3. The maximum atomic E-state index is 12.2. The standard InChI is InChI=1S/C17H16AsClN3O2S/c1-20-15(23)12-4-2-3-11(9-12)10-22-17(24)21-16(25-22)18-13-5-7-14(19)8-6-13/h2-9,16H,10H2,1H3,(H,20,23)(H,21,24). The predicted molar refractivity (Wildman–Crippen MR) is 102 cm³/mol. The Morgan fingerprint density at radius 1 is 1.32 bits per heavy atom. The molecule has 1 fully saturated rings. The Labute approximate surface area is 162 Å². The molecule has 25 heavy (non-hydrogen) atoms. The minimum absolute atomic E-state index is 0.0760. The SMILES string of the molecule is CNC(=O)c1cccc(CN2SC([As]c3ccc(Cl)cc3)NC2=O)c1. The van der Waals surface area contributed by atoms with Gasteiger partial charge in [0.1, 0.15) is 0 Å². The first kappa shape index (κ1) is 18.2. The van der Waals surface area contributed by atoms with Gasteiger partial charge >= 0.3 is 163 Å². The summed E-state index contributed by atoms with van der Waals surface area (Å²) in [6.45, 7) is 0.458. The van der Waals surface area contributed by atoms with Gasteiger partial charge in [-0.25, -0.2) is 0 Å². The van der Waals surface area contributed by atoms with Crippen molar-refractivity contribution in [2.75, 3.05) is 7.05 Å². The Hall–Kier alpha value is -1.62. The van der Waals surface area contributed by atoms with Crippen LogP contribution in [0.5, 0.6) is 0 Å². The summed E-state index contributed by atoms with van der Waals surface area (Å²) in [6, 6.07) is 15.0. The summed E-state index contributed by atoms with van der Waals surface area (Å²) in [7, 11) is 1.60. The Morgan fingerprint density at radius 3 is 2.80 bits per heavy atom. The predicted octanol–water partition coefficient (Wildman–Crippen LogP) is 2.19. The van der Waals surface area contributed by atoms with E-state index < -0.39 is 0 Å². The molecule has 1 heterocycles. The van der Waals surface area contributed by atoms with Gasteiger partial charge in [0.05, 0.1) is 0 Å². The van der Waals surface area contributed by atoms with Gasteiger partial charge in [0.25, 0.3) is 0 Å². The van der Waals surface area contributed by atoms with Gasteiger partial charge in [-0.3, -0.25) is 0 Å². The average Bonchev–Trinajstić information content (AvgIpc) is 2.95. The number of amides is 3. The van der Waals surface area contributed by atoms with Crippen molar-refractivity contribution in [2.45, 2.75) is 10.7 Å². The number of nitrogens with zero attached hydrogens (tertiary/aromatic N) is 1. The van der Waals surface area contributed by atoms with E-state index in [1.54, 1.807) is 17.4 Å². The summed E-state index contributed by atoms with van der Waals surface area (Å²) < 4.78 is 2.99. The van der Waals surface area contributed by atoms with Crippen molar-refractivity contribution in [2.24, 2.45) is 0 Å². The Balaban J connectivity index is 1.63. The van der Waals surface area contributed by atoms with Gasteiger partial charge in [-0.2, -0.15) is 0 Å². The number of halogens is 1. The maximum absolute atomic E-state index is 12.2. The van der Waals surface area contributed by atoms with E-state index in [0.29, 0.717) is 17.1 Å². The number of rotatable bonds is 5. The second-order valence-electron chi connectivity index (χ2n) is 5.33. The first-order valence-electron chi connectivity index (χ1n) is 7.57. The molecule has 1 atom stereocenters. The molecule has 3 amide bonds. The molecule has 1 radical (unpaired) electrons. The molecule has 0 aliphatic carbocycles. The van der Waals surface area contributed by atoms with Crippen LogP contribution in [0.1, 0.15) is 15.9 Å². The third kappa shape index (κ3) is 4.72. The van der Waals surface area contributed by atoms with Crippen molar-refractivity contribution in [3.8, 4) is 0 Å². The van der Waals surface area contributed by atoms with Crippen LogP contribution < -0.4 is 15.0 Å². The zero-order valence-electron chi connectivity index (χ0n) is 13.4. The van der Waals surface area contributed by atoms with E-state index in [2.05, 4.69) is 10.6 Å². The van der Waals surface area contributed by atoms with E-state index in [1.807, 2.05) is 42.5 Å². The topological polar surface area (TPSA) is 61.4 Å². The summed E-state index contributed by atoms with van der Waals surface area (Å²) in [4.78, 5) is 23.9. The molecule has 8 heteroatoms. The molecule has 0 saturated carbocycles. The van der Waals surface area contributed by atoms with Crippen LogP contribution in [-0.2, 0) is 6.54 Å². The van der Waals surface area contributed by atoms with Gasteiger partial charge in [0.2, 0.25) is 0 Å². The van der Waals surface area contributed by atoms with Crippen LogP contribution in [0, 0.1) is 0 Å². The molecule has 129 valence electrons. The van der Waals surface area contributed by atoms with E-state index in [4.69, 9.17) is 11.6 Å². The zero-order chi connectivity index (χ0) is 17.8. The van der Waals surface area contributed by atoms with E-state index in [0.717, 1.165) is 5.56 Å². The van der Waals surface area contributed by atoms with E-state index >= 15 is 0 Å². The van der Waals surface area contributed by atoms with Crippen LogP contribution in [-0.4, -0.2) is 43.2 Å². The Kier molecular flexibility index (Phi) is 5.94. The molecule has 0 aromatic heterocycles. The molecule has 2 aromatic carbocycles. The van der Waals surface area contributed by atoms with Gasteiger partial charge in [-0.15, -0.1) is 0 Å². The van der Waals surface area contributed by atoms with Crippen molar-refractivity contribution >= 4 is 55.6 Å². The van der Waals surface area contributed by atoms with Crippen LogP contribution >= 0.6 is 23.5 Å². The van der Waals surface area contributed by atoms with Crippen molar-refractivity contribution in [3.63, 3.8) is 0 Å². The quantitative estimate of drug-likeness (QED) is 0.558. The van der Waals surface area contributed by atoms with Crippen molar-refractivity contribution < 1.29 is 9.59 Å². The van der Waals surface area contributed by atoms with Gasteiger partial charge in [0, 0.05) is 0 Å². The zero-order valence-corrected chi connectivity index (χ0v) is 16.8. The number of hydrogen-bond donors (Lipinski definition) is 2. The first-order chi connectivity index (χ1) is 12.0. The van der Waals surface area contributed by atoms with Crippen molar-refractivity contribution in [3.05, 3.63) is 64.7 Å². The van der Waals surface area contributed by atoms with Crippen molar-refractivity contribution in [1.82, 2.24) is 14.9 Å². The molecule has 1 aliphatic heterocycles. The van der Waals surface area contributed by atoms with Crippen molar-refractivity contribution in [1.29, 1.82) is 0 Å². The molecule has 2 N–H and O–H groups in total. The average molecular weight is 437 g/mol. The van der Waals surface area contributed by atoms with E-state index in [1.165, 1.54) is 16.3 Å². The fourth-order valence-electron chi connectivity index (χ4n) is 2.32. The minimum atomic E-state index is -0.211. The second kappa shape index (κ2) is 8.17. The number of urea groups is 1. The number of carbonyl (C=O) groups is 2. The fourth-order valence-corrected chi connectivity index (χ4v) is 6.52. The van der Waals surface area contributed by atoms with Gasteiger partial charge in [-0.1, -0.05) is 0 Å². The normalized spacial score (nSPS) is 17.1. The molecular formula is C17H16AsClN3O2S. The summed E-state index contributed by atoms with van der Waals surface area (Å²) in [5.74, 6) is -0.133. The molecule has 2 aromatic rings. The number of benzene rings is 2. The summed E-state index contributed by atoms with van der Waals surface area (Å²) in [6.07, 6.45) is 0. The van der Waals surface area contributed by atoms with Gasteiger partial charge < -0.3 is 0 Å². The van der Waals surface area contributed by atoms with Crippen LogP contribution in [0.2, 0.25) is 5.02 Å². The summed E-state index contributed by atoms with van der Waals surface area (Å²) in [5.41, 5.74) is 1.51. The Bertz CT molecular complexity index is 788. The van der Waals surface area contributed by atoms with Gasteiger partial charge in [-0.05, 0) is 0 Å². The fraction of sp³-hybridized carbons (Fsp3) is 0.176. The first-order valence-corrected chi connectivity index (χ1v) is 10.8. The number of nitrogens with one attached hydrogen (secondary N) is 2. The summed E-state index contributed by atoms with van der Waals surface area (Å²) in [5, 5.41) is 6.34. The van der Waals surface area contributed by atoms with Crippen LogP contribution in [0.15, 0.2) is 48.5 Å². The molecular weight excluding hydrogens is 421 g/mol.